The highest BCUT2D eigenvalue weighted by Crippen LogP contribution is 2.30. The Morgan fingerprint density at radius 2 is 1.77 bits per heavy atom. The fourth-order valence-electron chi connectivity index (χ4n) is 2.28. The Bertz CT molecular complexity index is 874. The molecule has 3 aromatic rings. The molecule has 26 heavy (non-hydrogen) atoms. The first-order valence-electron chi connectivity index (χ1n) is 7.85. The normalized spacial score (nSPS) is 10.3. The predicted molar refractivity (Wildman–Crippen MR) is 101 cm³/mol. The third kappa shape index (κ3) is 4.52. The monoisotopic (exact) mass is 371 g/mol. The number of nitrogens with one attached hydrogen (secondary N) is 2. The smallest absolute Gasteiger partial charge is 0.249 e. The standard InChI is InChI=1S/C18H18ClN5O2/c1-25-15-8-7-14(9-16(15)26-2)22-18-23-17(11-21-24-18)20-10-12-3-5-13(19)6-4-12/h3-9,11H,10H2,1-2H3,(H2,20,22,23,24). The van der Waals surface area contributed by atoms with Crippen LogP contribution in [-0.4, -0.2) is 29.4 Å². The van der Waals surface area contributed by atoms with Crippen LogP contribution >= 0.6 is 11.6 Å². The molecular formula is C18H18ClN5O2. The van der Waals surface area contributed by atoms with Gasteiger partial charge in [0, 0.05) is 23.3 Å². The maximum absolute atomic E-state index is 5.89. The number of hydrogen-bond acceptors (Lipinski definition) is 7. The van der Waals surface area contributed by atoms with Crippen molar-refractivity contribution in [3.8, 4) is 11.5 Å². The topological polar surface area (TPSA) is 81.2 Å². The molecular weight excluding hydrogens is 354 g/mol. The highest BCUT2D eigenvalue weighted by molar-refractivity contribution is 6.30. The molecule has 1 aromatic heterocycles. The molecule has 0 saturated carbocycles. The predicted octanol–water partition coefficient (Wildman–Crippen LogP) is 3.90. The van der Waals surface area contributed by atoms with Gasteiger partial charge >= 0.3 is 0 Å². The number of aromatic nitrogens is 3. The zero-order chi connectivity index (χ0) is 18.4. The van der Waals surface area contributed by atoms with Crippen molar-refractivity contribution >= 4 is 29.1 Å². The van der Waals surface area contributed by atoms with Crippen LogP contribution < -0.4 is 20.1 Å². The summed E-state index contributed by atoms with van der Waals surface area (Å²) in [6.45, 7) is 0.603. The van der Waals surface area contributed by atoms with Gasteiger partial charge in [-0.2, -0.15) is 10.1 Å². The average molecular weight is 372 g/mol. The number of nitrogens with zero attached hydrogens (tertiary/aromatic N) is 3. The van der Waals surface area contributed by atoms with Crippen molar-refractivity contribution in [2.45, 2.75) is 6.54 Å². The quantitative estimate of drug-likeness (QED) is 0.651. The van der Waals surface area contributed by atoms with E-state index in [1.165, 1.54) is 0 Å². The van der Waals surface area contributed by atoms with Crippen molar-refractivity contribution in [1.82, 2.24) is 15.2 Å². The maximum atomic E-state index is 5.89. The van der Waals surface area contributed by atoms with Crippen LogP contribution in [0.4, 0.5) is 17.5 Å². The highest BCUT2D eigenvalue weighted by Gasteiger charge is 2.07. The molecule has 0 saturated heterocycles. The molecule has 0 unspecified atom stereocenters. The Morgan fingerprint density at radius 1 is 1.00 bits per heavy atom. The average Bonchev–Trinajstić information content (AvgIpc) is 2.68. The van der Waals surface area contributed by atoms with E-state index in [-0.39, 0.29) is 0 Å². The van der Waals surface area contributed by atoms with E-state index in [1.54, 1.807) is 32.5 Å². The summed E-state index contributed by atoms with van der Waals surface area (Å²) in [5, 5.41) is 15.0. The first-order valence-corrected chi connectivity index (χ1v) is 8.23. The minimum atomic E-state index is 0.373. The lowest BCUT2D eigenvalue weighted by molar-refractivity contribution is 0.355. The van der Waals surface area contributed by atoms with Gasteiger partial charge in [-0.25, -0.2) is 0 Å². The third-order valence-electron chi connectivity index (χ3n) is 3.59. The van der Waals surface area contributed by atoms with E-state index < -0.39 is 0 Å². The van der Waals surface area contributed by atoms with Crippen LogP contribution in [0.2, 0.25) is 5.02 Å². The Labute approximate surface area is 156 Å². The molecule has 1 heterocycles. The molecule has 0 fully saturated rings. The van der Waals surface area contributed by atoms with Crippen molar-refractivity contribution in [3.05, 3.63) is 59.2 Å². The van der Waals surface area contributed by atoms with Crippen molar-refractivity contribution in [3.63, 3.8) is 0 Å². The zero-order valence-electron chi connectivity index (χ0n) is 14.4. The van der Waals surface area contributed by atoms with Crippen LogP contribution in [0.3, 0.4) is 0 Å². The number of anilines is 3. The molecule has 0 aliphatic carbocycles. The van der Waals surface area contributed by atoms with E-state index in [4.69, 9.17) is 21.1 Å². The number of methoxy groups -OCH3 is 2. The van der Waals surface area contributed by atoms with Gasteiger partial charge in [0.25, 0.3) is 0 Å². The van der Waals surface area contributed by atoms with Crippen molar-refractivity contribution < 1.29 is 9.47 Å². The van der Waals surface area contributed by atoms with E-state index in [1.807, 2.05) is 30.3 Å². The summed E-state index contributed by atoms with van der Waals surface area (Å²) >= 11 is 5.89. The second-order valence-electron chi connectivity index (χ2n) is 5.34. The van der Waals surface area contributed by atoms with Crippen molar-refractivity contribution in [1.29, 1.82) is 0 Å². The van der Waals surface area contributed by atoms with Gasteiger partial charge in [-0.1, -0.05) is 23.7 Å². The largest absolute Gasteiger partial charge is 0.493 e. The van der Waals surface area contributed by atoms with Crippen molar-refractivity contribution in [2.24, 2.45) is 0 Å². The minimum absolute atomic E-state index is 0.373. The Kier molecular flexibility index (Phi) is 5.70. The molecule has 0 aliphatic heterocycles. The summed E-state index contributed by atoms with van der Waals surface area (Å²) < 4.78 is 10.5. The molecule has 0 bridgehead atoms. The minimum Gasteiger partial charge on any atom is -0.493 e. The molecule has 0 spiro atoms. The van der Waals surface area contributed by atoms with Gasteiger partial charge in [0.1, 0.15) is 0 Å². The molecule has 7 nitrogen and oxygen atoms in total. The third-order valence-corrected chi connectivity index (χ3v) is 3.84. The lowest BCUT2D eigenvalue weighted by Crippen LogP contribution is -2.05. The Balaban J connectivity index is 1.68. The Morgan fingerprint density at radius 3 is 2.50 bits per heavy atom. The number of hydrogen-bond donors (Lipinski definition) is 2. The van der Waals surface area contributed by atoms with Crippen molar-refractivity contribution in [2.75, 3.05) is 24.9 Å². The van der Waals surface area contributed by atoms with E-state index in [2.05, 4.69) is 25.8 Å². The summed E-state index contributed by atoms with van der Waals surface area (Å²) in [6.07, 6.45) is 1.57. The fourth-order valence-corrected chi connectivity index (χ4v) is 2.41. The molecule has 134 valence electrons. The zero-order valence-corrected chi connectivity index (χ0v) is 15.1. The van der Waals surface area contributed by atoms with Gasteiger partial charge in [-0.3, -0.25) is 0 Å². The second kappa shape index (κ2) is 8.35. The summed E-state index contributed by atoms with van der Waals surface area (Å²) in [5.74, 6) is 2.24. The van der Waals surface area contributed by atoms with E-state index in [0.717, 1.165) is 11.3 Å². The molecule has 3 rings (SSSR count). The molecule has 0 aliphatic rings. The molecule has 2 N–H and O–H groups in total. The number of halogens is 1. The van der Waals surface area contributed by atoms with Gasteiger partial charge in [0.05, 0.1) is 20.4 Å². The van der Waals surface area contributed by atoms with Crippen LogP contribution in [-0.2, 0) is 6.54 Å². The summed E-state index contributed by atoms with van der Waals surface area (Å²) in [4.78, 5) is 4.40. The maximum Gasteiger partial charge on any atom is 0.249 e. The fraction of sp³-hybridized carbons (Fsp3) is 0.167. The van der Waals surface area contributed by atoms with Gasteiger partial charge in [-0.05, 0) is 29.8 Å². The molecule has 8 heteroatoms. The Hall–Kier alpha value is -3.06. The summed E-state index contributed by atoms with van der Waals surface area (Å²) in [5.41, 5.74) is 1.85. The SMILES string of the molecule is COc1ccc(Nc2nncc(NCc3ccc(Cl)cc3)n2)cc1OC. The van der Waals surface area contributed by atoms with Crippen LogP contribution in [0, 0.1) is 0 Å². The first-order chi connectivity index (χ1) is 12.7. The van der Waals surface area contributed by atoms with Gasteiger partial charge < -0.3 is 20.1 Å². The summed E-state index contributed by atoms with van der Waals surface area (Å²) in [6, 6.07) is 13.0. The lowest BCUT2D eigenvalue weighted by atomic mass is 10.2. The van der Waals surface area contributed by atoms with Crippen LogP contribution in [0.5, 0.6) is 11.5 Å². The van der Waals surface area contributed by atoms with E-state index in [0.29, 0.717) is 34.8 Å². The number of ether oxygens (including phenoxy) is 2. The van der Waals surface area contributed by atoms with Gasteiger partial charge in [-0.15, -0.1) is 5.10 Å². The number of rotatable bonds is 7. The van der Waals surface area contributed by atoms with Crippen LogP contribution in [0.1, 0.15) is 5.56 Å². The van der Waals surface area contributed by atoms with Crippen LogP contribution in [0.15, 0.2) is 48.7 Å². The molecule has 2 aromatic carbocycles. The van der Waals surface area contributed by atoms with E-state index >= 15 is 0 Å². The second-order valence-corrected chi connectivity index (χ2v) is 5.78. The summed E-state index contributed by atoms with van der Waals surface area (Å²) in [7, 11) is 3.18. The van der Waals surface area contributed by atoms with Gasteiger partial charge in [0.15, 0.2) is 17.3 Å². The van der Waals surface area contributed by atoms with Crippen LogP contribution in [0.25, 0.3) is 0 Å². The van der Waals surface area contributed by atoms with Gasteiger partial charge in [0.2, 0.25) is 5.95 Å². The lowest BCUT2D eigenvalue weighted by Gasteiger charge is -2.11. The molecule has 0 radical (unpaired) electrons. The first kappa shape index (κ1) is 17.8. The number of benzene rings is 2. The van der Waals surface area contributed by atoms with E-state index in [9.17, 15) is 0 Å². The molecule has 0 amide bonds. The molecule has 0 atom stereocenters. The highest BCUT2D eigenvalue weighted by atomic mass is 35.5.